The highest BCUT2D eigenvalue weighted by Crippen LogP contribution is 2.29. The smallest absolute Gasteiger partial charge is 0.387 e. The van der Waals surface area contributed by atoms with E-state index < -0.39 is 6.61 Å². The van der Waals surface area contributed by atoms with Crippen LogP contribution in [0.15, 0.2) is 42.5 Å². The number of halogens is 2. The molecule has 142 valence electrons. The van der Waals surface area contributed by atoms with E-state index >= 15 is 0 Å². The van der Waals surface area contributed by atoms with Crippen molar-refractivity contribution in [1.29, 1.82) is 0 Å². The molecule has 0 atom stereocenters. The van der Waals surface area contributed by atoms with Crippen LogP contribution in [0.5, 0.6) is 11.5 Å². The molecule has 1 aromatic heterocycles. The lowest BCUT2D eigenvalue weighted by Crippen LogP contribution is -2.24. The summed E-state index contributed by atoms with van der Waals surface area (Å²) in [5, 5.41) is 2.80. The summed E-state index contributed by atoms with van der Waals surface area (Å²) in [6.07, 6.45) is 0. The molecule has 0 saturated heterocycles. The highest BCUT2D eigenvalue weighted by Gasteiger charge is 2.15. The lowest BCUT2D eigenvalue weighted by molar-refractivity contribution is -0.0512. The topological polar surface area (TPSA) is 65.4 Å². The fraction of sp³-hybridized carbons (Fsp3) is 0.263. The number of benzene rings is 2. The van der Waals surface area contributed by atoms with Crippen LogP contribution in [0.4, 0.5) is 8.78 Å². The third-order valence-corrected chi connectivity index (χ3v) is 4.10. The molecule has 0 saturated carbocycles. The minimum atomic E-state index is -2.97. The minimum absolute atomic E-state index is 0.0590. The van der Waals surface area contributed by atoms with Gasteiger partial charge >= 0.3 is 6.61 Å². The Hall–Kier alpha value is -3.16. The number of carbonyl (C=O) groups is 1. The van der Waals surface area contributed by atoms with Crippen molar-refractivity contribution in [2.24, 2.45) is 0 Å². The van der Waals surface area contributed by atoms with Gasteiger partial charge in [-0.15, -0.1) is 0 Å². The standard InChI is InChI=1S/C19H19F2N3O3/c1-3-24-14-7-5-4-6-13(14)23-17(24)11-22-18(25)12-8-9-15(27-19(20)21)16(10-12)26-2/h4-10,19H,3,11H2,1-2H3,(H,22,25). The van der Waals surface area contributed by atoms with E-state index in [4.69, 9.17) is 4.74 Å². The summed E-state index contributed by atoms with van der Waals surface area (Å²) >= 11 is 0. The number of hydrogen-bond donors (Lipinski definition) is 1. The van der Waals surface area contributed by atoms with Crippen molar-refractivity contribution in [3.63, 3.8) is 0 Å². The van der Waals surface area contributed by atoms with Gasteiger partial charge in [-0.2, -0.15) is 8.78 Å². The van der Waals surface area contributed by atoms with Crippen LogP contribution in [0.25, 0.3) is 11.0 Å². The number of nitrogens with zero attached hydrogens (tertiary/aromatic N) is 2. The van der Waals surface area contributed by atoms with Gasteiger partial charge in [0, 0.05) is 12.1 Å². The molecular weight excluding hydrogens is 356 g/mol. The zero-order valence-corrected chi connectivity index (χ0v) is 14.9. The number of imidazole rings is 1. The predicted octanol–water partition coefficient (Wildman–Crippen LogP) is 3.60. The van der Waals surface area contributed by atoms with Gasteiger partial charge in [0.25, 0.3) is 5.91 Å². The molecule has 0 aliphatic rings. The number of aryl methyl sites for hydroxylation is 1. The van der Waals surface area contributed by atoms with Gasteiger partial charge < -0.3 is 19.4 Å². The molecule has 0 bridgehead atoms. The zero-order chi connectivity index (χ0) is 19.4. The number of alkyl halides is 2. The fourth-order valence-corrected chi connectivity index (χ4v) is 2.88. The summed E-state index contributed by atoms with van der Waals surface area (Å²) in [7, 11) is 1.32. The average molecular weight is 375 g/mol. The van der Waals surface area contributed by atoms with E-state index in [0.717, 1.165) is 23.4 Å². The normalized spacial score (nSPS) is 11.0. The number of fused-ring (bicyclic) bond motifs is 1. The van der Waals surface area contributed by atoms with Crippen LogP contribution >= 0.6 is 0 Å². The average Bonchev–Trinajstić information content (AvgIpc) is 3.03. The number of carbonyl (C=O) groups excluding carboxylic acids is 1. The third kappa shape index (κ3) is 3.99. The van der Waals surface area contributed by atoms with Gasteiger partial charge in [0.1, 0.15) is 5.82 Å². The van der Waals surface area contributed by atoms with Crippen LogP contribution in [0.3, 0.4) is 0 Å². The fourth-order valence-electron chi connectivity index (χ4n) is 2.88. The van der Waals surface area contributed by atoms with Crippen LogP contribution in [0.1, 0.15) is 23.1 Å². The maximum absolute atomic E-state index is 12.4. The Morgan fingerprint density at radius 3 is 2.70 bits per heavy atom. The predicted molar refractivity (Wildman–Crippen MR) is 96.2 cm³/mol. The van der Waals surface area contributed by atoms with Gasteiger partial charge in [-0.1, -0.05) is 12.1 Å². The molecule has 8 heteroatoms. The lowest BCUT2D eigenvalue weighted by Gasteiger charge is -2.12. The second-order valence-electron chi connectivity index (χ2n) is 5.69. The maximum Gasteiger partial charge on any atom is 0.387 e. The molecule has 0 aliphatic heterocycles. The Kier molecular flexibility index (Phi) is 5.54. The molecule has 6 nitrogen and oxygen atoms in total. The molecular formula is C19H19F2N3O3. The monoisotopic (exact) mass is 375 g/mol. The lowest BCUT2D eigenvalue weighted by atomic mass is 10.2. The van der Waals surface area contributed by atoms with Crippen molar-refractivity contribution >= 4 is 16.9 Å². The van der Waals surface area contributed by atoms with Gasteiger partial charge in [0.05, 0.1) is 24.7 Å². The molecule has 27 heavy (non-hydrogen) atoms. The van der Waals surface area contributed by atoms with Gasteiger partial charge in [-0.3, -0.25) is 4.79 Å². The number of para-hydroxylation sites is 2. The van der Waals surface area contributed by atoms with Crippen molar-refractivity contribution in [2.75, 3.05) is 7.11 Å². The number of amides is 1. The van der Waals surface area contributed by atoms with Crippen LogP contribution < -0.4 is 14.8 Å². The zero-order valence-electron chi connectivity index (χ0n) is 14.9. The van der Waals surface area contributed by atoms with Crippen LogP contribution in [0, 0.1) is 0 Å². The molecule has 1 amide bonds. The maximum atomic E-state index is 12.4. The molecule has 1 heterocycles. The van der Waals surface area contributed by atoms with Crippen molar-refractivity contribution < 1.29 is 23.0 Å². The number of aromatic nitrogens is 2. The Morgan fingerprint density at radius 1 is 1.22 bits per heavy atom. The molecule has 0 aliphatic carbocycles. The number of nitrogens with one attached hydrogen (secondary N) is 1. The van der Waals surface area contributed by atoms with Gasteiger partial charge in [0.2, 0.25) is 0 Å². The Bertz CT molecular complexity index is 957. The van der Waals surface area contributed by atoms with E-state index in [1.54, 1.807) is 0 Å². The summed E-state index contributed by atoms with van der Waals surface area (Å²) in [4.78, 5) is 17.0. The van der Waals surface area contributed by atoms with Gasteiger partial charge in [-0.05, 0) is 37.3 Å². The first-order valence-corrected chi connectivity index (χ1v) is 8.38. The summed E-state index contributed by atoms with van der Waals surface area (Å²) < 4.78 is 36.2. The van der Waals surface area contributed by atoms with E-state index in [9.17, 15) is 13.6 Å². The number of methoxy groups -OCH3 is 1. The molecule has 0 spiro atoms. The number of rotatable bonds is 7. The highest BCUT2D eigenvalue weighted by atomic mass is 19.3. The molecule has 2 aromatic carbocycles. The SMILES string of the molecule is CCn1c(CNC(=O)c2ccc(OC(F)F)c(OC)c2)nc2ccccc21. The summed E-state index contributed by atoms with van der Waals surface area (Å²) in [5.41, 5.74) is 2.13. The van der Waals surface area contributed by atoms with E-state index in [0.29, 0.717) is 0 Å². The van der Waals surface area contributed by atoms with Crippen molar-refractivity contribution in [2.45, 2.75) is 26.6 Å². The minimum Gasteiger partial charge on any atom is -0.493 e. The Labute approximate surface area is 154 Å². The van der Waals surface area contributed by atoms with Crippen LogP contribution in [-0.2, 0) is 13.1 Å². The van der Waals surface area contributed by atoms with Crippen molar-refractivity contribution in [1.82, 2.24) is 14.9 Å². The first-order valence-electron chi connectivity index (χ1n) is 8.38. The summed E-state index contributed by atoms with van der Waals surface area (Å²) in [6, 6.07) is 11.8. The quantitative estimate of drug-likeness (QED) is 0.685. The van der Waals surface area contributed by atoms with E-state index in [-0.39, 0.29) is 29.5 Å². The summed E-state index contributed by atoms with van der Waals surface area (Å²) in [6.45, 7) is -0.00916. The third-order valence-electron chi connectivity index (χ3n) is 4.10. The van der Waals surface area contributed by atoms with Crippen molar-refractivity contribution in [3.05, 3.63) is 53.9 Å². The Balaban J connectivity index is 1.76. The van der Waals surface area contributed by atoms with Crippen molar-refractivity contribution in [3.8, 4) is 11.5 Å². The van der Waals surface area contributed by atoms with E-state index in [2.05, 4.69) is 15.0 Å². The first-order chi connectivity index (χ1) is 13.0. The molecule has 1 N–H and O–H groups in total. The molecule has 0 radical (unpaired) electrons. The van der Waals surface area contributed by atoms with Crippen LogP contribution in [0.2, 0.25) is 0 Å². The first kappa shape index (κ1) is 18.6. The molecule has 0 unspecified atom stereocenters. The Morgan fingerprint density at radius 2 is 2.00 bits per heavy atom. The second kappa shape index (κ2) is 8.03. The van der Waals surface area contributed by atoms with Crippen LogP contribution in [-0.4, -0.2) is 29.2 Å². The van der Waals surface area contributed by atoms with Gasteiger partial charge in [0.15, 0.2) is 11.5 Å². The molecule has 3 aromatic rings. The molecule has 0 fully saturated rings. The molecule has 3 rings (SSSR count). The largest absolute Gasteiger partial charge is 0.493 e. The highest BCUT2D eigenvalue weighted by molar-refractivity contribution is 5.94. The number of ether oxygens (including phenoxy) is 2. The van der Waals surface area contributed by atoms with E-state index in [1.165, 1.54) is 25.3 Å². The van der Waals surface area contributed by atoms with E-state index in [1.807, 2.05) is 35.8 Å². The second-order valence-corrected chi connectivity index (χ2v) is 5.69. The number of hydrogen-bond acceptors (Lipinski definition) is 4. The summed E-state index contributed by atoms with van der Waals surface area (Å²) in [5.74, 6) is 0.295. The van der Waals surface area contributed by atoms with Gasteiger partial charge in [-0.25, -0.2) is 4.98 Å².